The molecule has 0 saturated carbocycles. The molecule has 0 fully saturated rings. The summed E-state index contributed by atoms with van der Waals surface area (Å²) in [6.07, 6.45) is -1.41. The van der Waals surface area contributed by atoms with E-state index in [0.717, 1.165) is 10.5 Å². The van der Waals surface area contributed by atoms with E-state index in [-0.39, 0.29) is 33.5 Å². The molecule has 0 aromatic heterocycles. The van der Waals surface area contributed by atoms with E-state index in [0.29, 0.717) is 5.69 Å². The summed E-state index contributed by atoms with van der Waals surface area (Å²) in [4.78, 5) is 64.2. The fourth-order valence-electron chi connectivity index (χ4n) is 4.27. The van der Waals surface area contributed by atoms with Crippen LogP contribution in [0.2, 0.25) is 0 Å². The molecule has 0 radical (unpaired) electrons. The maximum atomic E-state index is 13.3. The first kappa shape index (κ1) is 25.2. The number of nitro benzene ring substituents is 1. The minimum atomic E-state index is -1.41. The molecule has 4 aromatic rings. The largest absolute Gasteiger partial charge is 0.445 e. The summed E-state index contributed by atoms with van der Waals surface area (Å²) in [5, 5.41) is 11.1. The number of benzene rings is 4. The summed E-state index contributed by atoms with van der Waals surface area (Å²) in [5.74, 6) is -2.53. The number of imide groups is 1. The molecule has 0 unspecified atom stereocenters. The van der Waals surface area contributed by atoms with Crippen molar-refractivity contribution in [3.05, 3.63) is 141 Å². The van der Waals surface area contributed by atoms with Crippen LogP contribution in [0.15, 0.2) is 97.1 Å². The van der Waals surface area contributed by atoms with Crippen molar-refractivity contribution in [3.63, 3.8) is 0 Å². The second kappa shape index (κ2) is 10.1. The van der Waals surface area contributed by atoms with Crippen molar-refractivity contribution in [2.75, 3.05) is 4.90 Å². The van der Waals surface area contributed by atoms with E-state index >= 15 is 0 Å². The van der Waals surface area contributed by atoms with Crippen LogP contribution in [0.5, 0.6) is 0 Å². The van der Waals surface area contributed by atoms with Crippen LogP contribution in [0.1, 0.15) is 58.7 Å². The lowest BCUT2D eigenvalue weighted by Gasteiger charge is -2.17. The van der Waals surface area contributed by atoms with Crippen molar-refractivity contribution in [3.8, 4) is 0 Å². The average molecular weight is 520 g/mol. The first-order chi connectivity index (χ1) is 18.7. The summed E-state index contributed by atoms with van der Waals surface area (Å²) < 4.78 is 5.62. The number of amides is 2. The van der Waals surface area contributed by atoms with Crippen molar-refractivity contribution in [1.29, 1.82) is 0 Å². The number of hydrogen-bond acceptors (Lipinski definition) is 7. The zero-order valence-electron chi connectivity index (χ0n) is 20.6. The number of carbonyl (C=O) groups is 4. The quantitative estimate of drug-likeness (QED) is 0.104. The molecule has 4 aromatic carbocycles. The number of esters is 1. The van der Waals surface area contributed by atoms with Gasteiger partial charge in [0.05, 0.1) is 27.3 Å². The Morgan fingerprint density at radius 2 is 1.44 bits per heavy atom. The van der Waals surface area contributed by atoms with Gasteiger partial charge in [-0.1, -0.05) is 48.0 Å². The highest BCUT2D eigenvalue weighted by molar-refractivity contribution is 6.34. The summed E-state index contributed by atoms with van der Waals surface area (Å²) in [7, 11) is 0. The fraction of sp³-hybridized carbons (Fsp3) is 0.0667. The van der Waals surface area contributed by atoms with Gasteiger partial charge in [0, 0.05) is 23.3 Å². The number of nitrogens with zero attached hydrogens (tertiary/aromatic N) is 2. The number of anilines is 1. The number of ether oxygens (including phenoxy) is 1. The van der Waals surface area contributed by atoms with Gasteiger partial charge in [0.2, 0.25) is 5.78 Å². The van der Waals surface area contributed by atoms with E-state index in [1.807, 2.05) is 6.92 Å². The van der Waals surface area contributed by atoms with E-state index in [4.69, 9.17) is 4.74 Å². The van der Waals surface area contributed by atoms with Crippen LogP contribution in [0, 0.1) is 17.0 Å². The molecule has 39 heavy (non-hydrogen) atoms. The van der Waals surface area contributed by atoms with Gasteiger partial charge in [-0.3, -0.25) is 24.5 Å². The molecule has 0 N–H and O–H groups in total. The maximum absolute atomic E-state index is 13.3. The molecule has 1 aliphatic heterocycles. The highest BCUT2D eigenvalue weighted by Crippen LogP contribution is 2.31. The van der Waals surface area contributed by atoms with Crippen LogP contribution in [-0.4, -0.2) is 28.5 Å². The van der Waals surface area contributed by atoms with Crippen LogP contribution in [0.4, 0.5) is 11.4 Å². The number of hydrogen-bond donors (Lipinski definition) is 0. The molecule has 1 aliphatic rings. The zero-order valence-corrected chi connectivity index (χ0v) is 20.6. The fourth-order valence-corrected chi connectivity index (χ4v) is 4.27. The Kier molecular flexibility index (Phi) is 6.56. The number of rotatable bonds is 7. The predicted molar refractivity (Wildman–Crippen MR) is 141 cm³/mol. The third-order valence-corrected chi connectivity index (χ3v) is 6.34. The van der Waals surface area contributed by atoms with Crippen molar-refractivity contribution >= 4 is 34.9 Å². The van der Waals surface area contributed by atoms with Crippen molar-refractivity contribution in [2.24, 2.45) is 0 Å². The number of fused-ring (bicyclic) bond motifs is 1. The van der Waals surface area contributed by atoms with E-state index in [1.54, 1.807) is 54.6 Å². The van der Waals surface area contributed by atoms with Crippen molar-refractivity contribution in [2.45, 2.75) is 13.0 Å². The molecule has 1 heterocycles. The number of carbonyl (C=O) groups excluding carboxylic acids is 4. The second-order valence-corrected chi connectivity index (χ2v) is 8.91. The normalized spacial score (nSPS) is 13.1. The van der Waals surface area contributed by atoms with Gasteiger partial charge in [0.15, 0.2) is 6.10 Å². The smallest absolute Gasteiger partial charge is 0.339 e. The van der Waals surface area contributed by atoms with Gasteiger partial charge in [-0.15, -0.1) is 0 Å². The first-order valence-corrected chi connectivity index (χ1v) is 11.9. The minimum absolute atomic E-state index is 0.0339. The van der Waals surface area contributed by atoms with E-state index in [1.165, 1.54) is 42.5 Å². The molecule has 192 valence electrons. The molecule has 0 aliphatic carbocycles. The molecule has 1 atom stereocenters. The Hall–Kier alpha value is -5.44. The van der Waals surface area contributed by atoms with E-state index in [9.17, 15) is 29.3 Å². The highest BCUT2D eigenvalue weighted by atomic mass is 16.6. The van der Waals surface area contributed by atoms with Gasteiger partial charge >= 0.3 is 5.97 Å². The van der Waals surface area contributed by atoms with Gasteiger partial charge in [0.25, 0.3) is 17.5 Å². The topological polar surface area (TPSA) is 124 Å². The van der Waals surface area contributed by atoms with Crippen LogP contribution in [0.3, 0.4) is 0 Å². The number of aryl methyl sites for hydroxylation is 1. The molecule has 0 bridgehead atoms. The molecule has 9 heteroatoms. The Bertz CT molecular complexity index is 1630. The van der Waals surface area contributed by atoms with Crippen LogP contribution < -0.4 is 4.90 Å². The van der Waals surface area contributed by atoms with Crippen LogP contribution in [0.25, 0.3) is 0 Å². The predicted octanol–water partition coefficient (Wildman–Crippen LogP) is 5.48. The standard InChI is InChI=1S/C30H20N2O7/c1-18-7-12-22(13-8-18)31-28(34)24-16-11-21(17-25(24)29(31)35)30(36)39-27(26(33)19-5-3-2-4-6-19)20-9-14-23(15-10-20)32(37)38/h2-17,27H,1H3/t27-/m1/s1. The van der Waals surface area contributed by atoms with Gasteiger partial charge < -0.3 is 4.74 Å². The summed E-state index contributed by atoms with van der Waals surface area (Å²) in [5.41, 5.74) is 1.85. The Morgan fingerprint density at radius 3 is 2.08 bits per heavy atom. The van der Waals surface area contributed by atoms with Crippen LogP contribution >= 0.6 is 0 Å². The van der Waals surface area contributed by atoms with Gasteiger partial charge in [-0.05, 0) is 49.4 Å². The number of ketones is 1. The summed E-state index contributed by atoms with van der Waals surface area (Å²) in [6.45, 7) is 1.89. The SMILES string of the molecule is Cc1ccc(N2C(=O)c3ccc(C(=O)O[C@@H](C(=O)c4ccccc4)c4ccc([N+](=O)[O-])cc4)cc3C2=O)cc1. The summed E-state index contributed by atoms with van der Waals surface area (Å²) in [6, 6.07) is 24.2. The molecule has 5 rings (SSSR count). The monoisotopic (exact) mass is 520 g/mol. The second-order valence-electron chi connectivity index (χ2n) is 8.91. The molecule has 0 saturated heterocycles. The van der Waals surface area contributed by atoms with Gasteiger partial charge in [-0.2, -0.15) is 0 Å². The molecular weight excluding hydrogens is 500 g/mol. The zero-order chi connectivity index (χ0) is 27.7. The first-order valence-electron chi connectivity index (χ1n) is 11.9. The van der Waals surface area contributed by atoms with Crippen molar-refractivity contribution < 1.29 is 28.8 Å². The summed E-state index contributed by atoms with van der Waals surface area (Å²) >= 11 is 0. The number of Topliss-reactive ketones (excluding diaryl/α,β-unsaturated/α-hetero) is 1. The maximum Gasteiger partial charge on any atom is 0.339 e. The third-order valence-electron chi connectivity index (χ3n) is 6.34. The van der Waals surface area contributed by atoms with Crippen LogP contribution in [-0.2, 0) is 4.74 Å². The Labute approximate surface area is 222 Å². The highest BCUT2D eigenvalue weighted by Gasteiger charge is 2.37. The van der Waals surface area contributed by atoms with Gasteiger partial charge in [0.1, 0.15) is 0 Å². The van der Waals surface area contributed by atoms with Gasteiger partial charge in [-0.25, -0.2) is 9.69 Å². The van der Waals surface area contributed by atoms with E-state index < -0.39 is 34.6 Å². The van der Waals surface area contributed by atoms with E-state index in [2.05, 4.69) is 0 Å². The number of nitro groups is 1. The minimum Gasteiger partial charge on any atom is -0.445 e. The lowest BCUT2D eigenvalue weighted by atomic mass is 9.99. The van der Waals surface area contributed by atoms with Crippen molar-refractivity contribution in [1.82, 2.24) is 0 Å². The average Bonchev–Trinajstić information content (AvgIpc) is 3.21. The molecule has 0 spiro atoms. The lowest BCUT2D eigenvalue weighted by Crippen LogP contribution is -2.29. The Morgan fingerprint density at radius 1 is 0.795 bits per heavy atom. The third kappa shape index (κ3) is 4.80. The lowest BCUT2D eigenvalue weighted by molar-refractivity contribution is -0.384. The molecule has 2 amide bonds. The Balaban J connectivity index is 1.45. The molecular formula is C30H20N2O7. The molecule has 9 nitrogen and oxygen atoms in total. The number of non-ortho nitro benzene ring substituents is 1.